The van der Waals surface area contributed by atoms with E-state index in [2.05, 4.69) is 21.3 Å². The molecule has 2 heterocycles. The highest BCUT2D eigenvalue weighted by atomic mass is 35.5. The van der Waals surface area contributed by atoms with Crippen molar-refractivity contribution in [2.24, 2.45) is 17.3 Å². The summed E-state index contributed by atoms with van der Waals surface area (Å²) < 4.78 is 87.0. The maximum atomic E-state index is 15.0. The molecule has 2 aliphatic heterocycles. The fraction of sp³-hybridized carbons (Fsp3) is 0.711. The number of likely N-dealkylation sites (tertiary alicyclic amines) is 1. The summed E-state index contributed by atoms with van der Waals surface area (Å²) in [5, 5.41) is 11.4. The number of amides is 7. The molecule has 0 unspecified atom stereocenters. The maximum absolute atomic E-state index is 15.0. The zero-order valence-corrected chi connectivity index (χ0v) is 40.0. The zero-order valence-electron chi connectivity index (χ0n) is 38.5. The molecule has 374 valence electrons. The predicted octanol–water partition coefficient (Wildman–Crippen LogP) is 5.51. The van der Waals surface area contributed by atoms with Crippen LogP contribution in [0.1, 0.15) is 104 Å². The van der Waals surface area contributed by atoms with Crippen LogP contribution < -0.4 is 21.3 Å². The van der Waals surface area contributed by atoms with Gasteiger partial charge in [-0.1, -0.05) is 37.0 Å². The summed E-state index contributed by atoms with van der Waals surface area (Å²) in [6.45, 7) is 5.83. The van der Waals surface area contributed by atoms with E-state index in [1.165, 1.54) is 34.0 Å². The van der Waals surface area contributed by atoms with Gasteiger partial charge in [-0.3, -0.25) is 33.6 Å². The van der Waals surface area contributed by atoms with Gasteiger partial charge in [0.15, 0.2) is 0 Å². The lowest BCUT2D eigenvalue weighted by Gasteiger charge is -2.43. The summed E-state index contributed by atoms with van der Waals surface area (Å²) in [5.41, 5.74) is -4.30. The Labute approximate surface area is 396 Å². The first-order valence-electron chi connectivity index (χ1n) is 22.7. The molecule has 0 aromatic heterocycles. The summed E-state index contributed by atoms with van der Waals surface area (Å²) in [4.78, 5) is 101. The Morgan fingerprint density at radius 2 is 1.61 bits per heavy atom. The first-order chi connectivity index (χ1) is 31.1. The van der Waals surface area contributed by atoms with Gasteiger partial charge in [0, 0.05) is 56.4 Å². The Hall–Kier alpha value is -4.33. The molecule has 0 spiro atoms. The highest BCUT2D eigenvalue weighted by Gasteiger charge is 2.65. The first-order valence-corrected chi connectivity index (χ1v) is 23.4. The fourth-order valence-electron chi connectivity index (χ4n) is 9.13. The molecule has 2 aliphatic carbocycles. The number of carbonyl (C=O) groups is 7. The molecule has 0 bridgehead atoms. The van der Waals surface area contributed by atoms with Crippen LogP contribution in [-0.2, 0) is 40.0 Å². The van der Waals surface area contributed by atoms with Gasteiger partial charge in [-0.25, -0.2) is 13.2 Å². The van der Waals surface area contributed by atoms with E-state index in [1.54, 1.807) is 12.1 Å². The minimum absolute atomic E-state index is 0.00324. The van der Waals surface area contributed by atoms with Crippen molar-refractivity contribution in [2.45, 2.75) is 159 Å². The van der Waals surface area contributed by atoms with Crippen molar-refractivity contribution in [1.29, 1.82) is 0 Å². The Kier molecular flexibility index (Phi) is 16.9. The molecular formula is C45H61Cl2F6N7O7. The number of alkyl halides is 6. The molecule has 2 saturated carbocycles. The number of hydrogen-bond acceptors (Lipinski definition) is 7. The van der Waals surface area contributed by atoms with Crippen LogP contribution in [0.15, 0.2) is 18.2 Å². The highest BCUT2D eigenvalue weighted by Crippen LogP contribution is 2.54. The van der Waals surface area contributed by atoms with Gasteiger partial charge in [-0.2, -0.15) is 13.2 Å². The number of hydrogen-bond donors (Lipinski definition) is 4. The molecule has 4 aliphatic rings. The summed E-state index contributed by atoms with van der Waals surface area (Å²) in [5.74, 6) is -10.4. The number of benzene rings is 1. The highest BCUT2D eigenvalue weighted by molar-refractivity contribution is 6.33. The maximum Gasteiger partial charge on any atom is 0.403 e. The second kappa shape index (κ2) is 21.1. The second-order valence-electron chi connectivity index (χ2n) is 19.5. The fourth-order valence-corrected chi connectivity index (χ4v) is 9.52. The molecule has 4 N–H and O–H groups in total. The average molecular weight is 997 g/mol. The molecule has 22 heteroatoms. The van der Waals surface area contributed by atoms with Crippen LogP contribution in [0.25, 0.3) is 0 Å². The molecule has 67 heavy (non-hydrogen) atoms. The molecular weight excluding hydrogens is 935 g/mol. The third kappa shape index (κ3) is 12.7. The van der Waals surface area contributed by atoms with Crippen molar-refractivity contribution in [2.75, 3.05) is 27.2 Å². The van der Waals surface area contributed by atoms with Crippen LogP contribution >= 0.6 is 23.2 Å². The molecule has 5 rings (SSSR count). The smallest absolute Gasteiger partial charge is 0.354 e. The largest absolute Gasteiger partial charge is 0.403 e. The molecule has 6 atom stereocenters. The summed E-state index contributed by atoms with van der Waals surface area (Å²) in [7, 11) is 2.68. The molecule has 4 fully saturated rings. The average Bonchev–Trinajstić information content (AvgIpc) is 4.01. The van der Waals surface area contributed by atoms with E-state index in [4.69, 9.17) is 23.2 Å². The topological polar surface area (TPSA) is 177 Å². The molecule has 0 radical (unpaired) electrons. The number of likely N-dealkylation sites (N-methyl/N-ethyl adjacent to an activating group) is 2. The van der Waals surface area contributed by atoms with Gasteiger partial charge in [-0.15, -0.1) is 0 Å². The van der Waals surface area contributed by atoms with Gasteiger partial charge in [0.05, 0.1) is 6.54 Å². The van der Waals surface area contributed by atoms with Crippen molar-refractivity contribution in [1.82, 2.24) is 36.0 Å². The Bertz CT molecular complexity index is 2050. The third-order valence-electron chi connectivity index (χ3n) is 13.4. The van der Waals surface area contributed by atoms with Gasteiger partial charge < -0.3 is 36.0 Å². The van der Waals surface area contributed by atoms with Crippen LogP contribution in [0.3, 0.4) is 0 Å². The Morgan fingerprint density at radius 3 is 2.21 bits per heavy atom. The number of nitrogens with zero attached hydrogens (tertiary/aromatic N) is 3. The molecule has 1 aromatic carbocycles. The lowest BCUT2D eigenvalue weighted by molar-refractivity contribution is -0.247. The molecule has 7 amide bonds. The number of halogens is 8. The molecule has 2 saturated heterocycles. The molecule has 1 aromatic rings. The van der Waals surface area contributed by atoms with Crippen LogP contribution in [0.5, 0.6) is 0 Å². The minimum atomic E-state index is -5.28. The van der Waals surface area contributed by atoms with Crippen molar-refractivity contribution in [3.05, 3.63) is 33.8 Å². The quantitative estimate of drug-likeness (QED) is 0.224. The number of rotatable bonds is 10. The van der Waals surface area contributed by atoms with E-state index >= 15 is 4.39 Å². The van der Waals surface area contributed by atoms with Crippen molar-refractivity contribution in [3.8, 4) is 0 Å². The zero-order chi connectivity index (χ0) is 50.0. The van der Waals surface area contributed by atoms with Crippen LogP contribution in [-0.4, -0.2) is 137 Å². The monoisotopic (exact) mass is 995 g/mol. The van der Waals surface area contributed by atoms with E-state index in [1.807, 2.05) is 13.8 Å². The van der Waals surface area contributed by atoms with E-state index in [0.29, 0.717) is 34.7 Å². The lowest BCUT2D eigenvalue weighted by Crippen LogP contribution is -2.62. The Morgan fingerprint density at radius 1 is 0.970 bits per heavy atom. The predicted molar refractivity (Wildman–Crippen MR) is 235 cm³/mol. The van der Waals surface area contributed by atoms with Gasteiger partial charge in [0.2, 0.25) is 47.3 Å². The van der Waals surface area contributed by atoms with Crippen LogP contribution in [0, 0.1) is 17.3 Å². The SMILES string of the molecule is CC(C)C[C@@H]1NC(=O)[C@@H](N(C)C(=O)[C@@H](NC(=O)[C@@H]2C[C@@H](F)CN2C(=O)C2(C(F)(F)F)CCC(F)(F)CC2)C2CC2)CCCCNC(=O)C(C)(C)NC(=O)[C@H](Cc2cc(Cl)ccc2Cl)N(C)C1=O. The third-order valence-corrected chi connectivity index (χ3v) is 14.0. The normalized spacial score (nSPS) is 26.9. The summed E-state index contributed by atoms with van der Waals surface area (Å²) in [6.07, 6.45) is -11.5. The van der Waals surface area contributed by atoms with Gasteiger partial charge in [0.25, 0.3) is 0 Å². The first kappa shape index (κ1) is 53.6. The van der Waals surface area contributed by atoms with Crippen molar-refractivity contribution >= 4 is 64.6 Å². The van der Waals surface area contributed by atoms with E-state index in [-0.39, 0.29) is 43.2 Å². The number of carbonyl (C=O) groups excluding carboxylic acids is 7. The van der Waals surface area contributed by atoms with E-state index < -0.39 is 145 Å². The van der Waals surface area contributed by atoms with Gasteiger partial charge >= 0.3 is 6.18 Å². The number of nitrogens with one attached hydrogen (secondary N) is 4. The van der Waals surface area contributed by atoms with Crippen molar-refractivity contribution < 1.29 is 59.9 Å². The standard InChI is InChI=1S/C45H61Cl2F6N7O7/c1-24(2)19-30-38(64)59(6)32(21-26-20-27(46)12-13-29(26)47)37(63)57-42(3,4)40(66)54-18-8-7-9-31(35(61)55-30)58(5)39(65)34(25-10-11-25)56-36(62)33-22-28(48)23-60(33)41(67)43(45(51,52)53)14-16-44(49,50)17-15-43/h12-13,20,24-25,28,30-34H,7-11,14-19,21-23H2,1-6H3,(H,54,66)(H,55,61)(H,56,62)(H,57,63)/t28-,30+,31+,32+,33+,34+/m1/s1. The minimum Gasteiger partial charge on any atom is -0.354 e. The van der Waals surface area contributed by atoms with E-state index in [0.717, 1.165) is 9.80 Å². The lowest BCUT2D eigenvalue weighted by atomic mass is 9.71. The van der Waals surface area contributed by atoms with E-state index in [9.17, 15) is 55.5 Å². The Balaban J connectivity index is 1.42. The van der Waals surface area contributed by atoms with Crippen molar-refractivity contribution in [3.63, 3.8) is 0 Å². The molecule has 14 nitrogen and oxygen atoms in total. The van der Waals surface area contributed by atoms with Gasteiger partial charge in [0.1, 0.15) is 47.3 Å². The second-order valence-corrected chi connectivity index (χ2v) is 20.3. The van der Waals surface area contributed by atoms with Gasteiger partial charge in [-0.05, 0) is 101 Å². The van der Waals surface area contributed by atoms with Crippen LogP contribution in [0.4, 0.5) is 26.3 Å². The van der Waals surface area contributed by atoms with Crippen LogP contribution in [0.2, 0.25) is 10.0 Å². The summed E-state index contributed by atoms with van der Waals surface area (Å²) >= 11 is 12.8. The summed E-state index contributed by atoms with van der Waals surface area (Å²) in [6, 6.07) is -2.35.